The van der Waals surface area contributed by atoms with Crippen LogP contribution in [0.1, 0.15) is 12.5 Å². The van der Waals surface area contributed by atoms with E-state index in [1.165, 1.54) is 6.92 Å². The van der Waals surface area contributed by atoms with Crippen LogP contribution in [0.15, 0.2) is 47.5 Å². The van der Waals surface area contributed by atoms with Gasteiger partial charge in [0, 0.05) is 15.3 Å². The van der Waals surface area contributed by atoms with Crippen molar-refractivity contribution in [2.75, 3.05) is 0 Å². The van der Waals surface area contributed by atoms with Crippen LogP contribution in [-0.2, 0) is 9.59 Å². The highest BCUT2D eigenvalue weighted by atomic mass is 35.5. The van der Waals surface area contributed by atoms with Gasteiger partial charge in [-0.05, 0) is 48.4 Å². The van der Waals surface area contributed by atoms with E-state index in [2.05, 4.69) is 4.99 Å². The number of ketones is 1. The molecular formula is C17H11Cl2NO2. The van der Waals surface area contributed by atoms with Gasteiger partial charge in [0.2, 0.25) is 0 Å². The van der Waals surface area contributed by atoms with Gasteiger partial charge in [-0.3, -0.25) is 9.59 Å². The molecule has 0 unspecified atom stereocenters. The van der Waals surface area contributed by atoms with E-state index in [9.17, 15) is 9.59 Å². The number of Topliss-reactive ketones (excluding diaryl/α,β-unsaturated/α-hetero) is 1. The lowest BCUT2D eigenvalue weighted by Crippen LogP contribution is -2.40. The van der Waals surface area contributed by atoms with Crippen LogP contribution in [0.25, 0.3) is 5.57 Å². The number of benzene rings is 2. The first kappa shape index (κ1) is 14.9. The minimum atomic E-state index is -0.910. The maximum Gasteiger partial charge on any atom is 0.261 e. The van der Waals surface area contributed by atoms with Gasteiger partial charge in [-0.1, -0.05) is 35.3 Å². The maximum atomic E-state index is 12.3. The summed E-state index contributed by atoms with van der Waals surface area (Å²) in [5.41, 5.74) is 1.39. The van der Waals surface area contributed by atoms with Crippen LogP contribution in [0, 0.1) is 5.92 Å². The Balaban J connectivity index is 2.42. The third-order valence-corrected chi connectivity index (χ3v) is 4.06. The van der Waals surface area contributed by atoms with Crippen molar-refractivity contribution in [2.45, 2.75) is 6.92 Å². The summed E-state index contributed by atoms with van der Waals surface area (Å²) in [6.07, 6.45) is 0. The van der Waals surface area contributed by atoms with Crippen LogP contribution >= 0.6 is 23.2 Å². The molecule has 1 aliphatic heterocycles. The van der Waals surface area contributed by atoms with Gasteiger partial charge < -0.3 is 0 Å². The van der Waals surface area contributed by atoms with Gasteiger partial charge in [0.05, 0.1) is 5.36 Å². The minimum absolute atomic E-state index is 0.246. The lowest BCUT2D eigenvalue weighted by Gasteiger charge is -2.19. The second-order valence-corrected chi connectivity index (χ2v) is 5.95. The van der Waals surface area contributed by atoms with Crippen LogP contribution in [0.4, 0.5) is 0 Å². The molecule has 0 aromatic heterocycles. The fraction of sp³-hybridized carbons (Fsp3) is 0.118. The predicted octanol–water partition coefficient (Wildman–Crippen LogP) is 2.56. The summed E-state index contributed by atoms with van der Waals surface area (Å²) in [6.45, 7) is 1.39. The number of carbonyl (C=O) groups excluding carboxylic acids is 2. The SMILES string of the molecule is CC(=O)[C@H]1C(=O)N=c2ccc(Cl)cc2=C1c1ccc(Cl)cc1. The molecule has 3 nitrogen and oxygen atoms in total. The van der Waals surface area contributed by atoms with Gasteiger partial charge >= 0.3 is 0 Å². The molecule has 0 saturated carbocycles. The standard InChI is InChI=1S/C17H11Cl2NO2/c1-9(21)15-16(10-2-4-11(18)5-3-10)13-8-12(19)6-7-14(13)20-17(15)22/h2-8,15H,1H3/t15-/m1/s1. The highest BCUT2D eigenvalue weighted by Gasteiger charge is 2.31. The third kappa shape index (κ3) is 2.58. The Morgan fingerprint density at radius 2 is 1.68 bits per heavy atom. The zero-order chi connectivity index (χ0) is 15.9. The summed E-state index contributed by atoms with van der Waals surface area (Å²) in [6, 6.07) is 12.1. The number of hydrogen-bond donors (Lipinski definition) is 0. The Morgan fingerprint density at radius 1 is 1.05 bits per heavy atom. The monoisotopic (exact) mass is 331 g/mol. The normalized spacial score (nSPS) is 17.0. The van der Waals surface area contributed by atoms with Crippen molar-refractivity contribution in [1.29, 1.82) is 0 Å². The van der Waals surface area contributed by atoms with E-state index in [0.29, 0.717) is 26.2 Å². The number of fused-ring (bicyclic) bond motifs is 1. The van der Waals surface area contributed by atoms with Crippen LogP contribution in [-0.4, -0.2) is 11.7 Å². The Labute approximate surface area is 136 Å². The Kier molecular flexibility index (Phi) is 3.85. The fourth-order valence-corrected chi connectivity index (χ4v) is 2.91. The van der Waals surface area contributed by atoms with E-state index < -0.39 is 11.8 Å². The quantitative estimate of drug-likeness (QED) is 0.794. The molecule has 1 amide bonds. The van der Waals surface area contributed by atoms with Gasteiger partial charge in [0.25, 0.3) is 5.91 Å². The van der Waals surface area contributed by atoms with Crippen LogP contribution in [0.2, 0.25) is 10.0 Å². The lowest BCUT2D eigenvalue weighted by atomic mass is 9.85. The second-order valence-electron chi connectivity index (χ2n) is 5.08. The second kappa shape index (κ2) is 5.67. The number of nitrogens with zero attached hydrogens (tertiary/aromatic N) is 1. The fourth-order valence-electron chi connectivity index (χ4n) is 2.61. The van der Waals surface area contributed by atoms with E-state index in [-0.39, 0.29) is 5.78 Å². The van der Waals surface area contributed by atoms with E-state index in [0.717, 1.165) is 5.56 Å². The van der Waals surface area contributed by atoms with Crippen molar-refractivity contribution in [2.24, 2.45) is 10.9 Å². The summed E-state index contributed by atoms with van der Waals surface area (Å²) in [5.74, 6) is -1.61. The summed E-state index contributed by atoms with van der Waals surface area (Å²) >= 11 is 12.0. The molecule has 0 saturated heterocycles. The van der Waals surface area contributed by atoms with Crippen LogP contribution in [0.3, 0.4) is 0 Å². The van der Waals surface area contributed by atoms with Crippen molar-refractivity contribution in [3.63, 3.8) is 0 Å². The van der Waals surface area contributed by atoms with Crippen molar-refractivity contribution in [1.82, 2.24) is 0 Å². The molecule has 22 heavy (non-hydrogen) atoms. The van der Waals surface area contributed by atoms with Crippen LogP contribution < -0.4 is 10.6 Å². The number of halogens is 2. The molecule has 0 bridgehead atoms. The molecule has 1 aliphatic rings. The molecule has 0 spiro atoms. The molecule has 1 atom stereocenters. The molecule has 110 valence electrons. The average molecular weight is 332 g/mol. The number of rotatable bonds is 2. The Morgan fingerprint density at radius 3 is 2.32 bits per heavy atom. The molecule has 2 aromatic carbocycles. The van der Waals surface area contributed by atoms with Crippen molar-refractivity contribution < 1.29 is 9.59 Å². The summed E-state index contributed by atoms with van der Waals surface area (Å²) < 4.78 is 0. The van der Waals surface area contributed by atoms with E-state index in [4.69, 9.17) is 23.2 Å². The zero-order valence-electron chi connectivity index (χ0n) is 11.6. The molecule has 0 fully saturated rings. The van der Waals surface area contributed by atoms with Crippen LogP contribution in [0.5, 0.6) is 0 Å². The van der Waals surface area contributed by atoms with Crippen molar-refractivity contribution in [3.8, 4) is 0 Å². The van der Waals surface area contributed by atoms with E-state index in [1.807, 2.05) is 0 Å². The van der Waals surface area contributed by atoms with Gasteiger partial charge in [-0.25, -0.2) is 4.99 Å². The smallest absolute Gasteiger partial charge is 0.261 e. The van der Waals surface area contributed by atoms with Gasteiger partial charge in [0.15, 0.2) is 0 Å². The number of carbonyl (C=O) groups is 2. The molecular weight excluding hydrogens is 321 g/mol. The molecule has 1 heterocycles. The first-order valence-electron chi connectivity index (χ1n) is 6.66. The maximum absolute atomic E-state index is 12.3. The molecule has 3 rings (SSSR count). The number of hydrogen-bond acceptors (Lipinski definition) is 2. The molecule has 0 N–H and O–H groups in total. The van der Waals surface area contributed by atoms with Gasteiger partial charge in [0.1, 0.15) is 11.7 Å². The van der Waals surface area contributed by atoms with E-state index >= 15 is 0 Å². The lowest BCUT2D eigenvalue weighted by molar-refractivity contribution is -0.128. The minimum Gasteiger partial charge on any atom is -0.299 e. The largest absolute Gasteiger partial charge is 0.299 e. The summed E-state index contributed by atoms with van der Waals surface area (Å²) in [5, 5.41) is 2.34. The molecule has 0 radical (unpaired) electrons. The predicted molar refractivity (Wildman–Crippen MR) is 85.4 cm³/mol. The van der Waals surface area contributed by atoms with E-state index in [1.54, 1.807) is 42.5 Å². The molecule has 2 aromatic rings. The topological polar surface area (TPSA) is 46.5 Å². The van der Waals surface area contributed by atoms with Crippen molar-refractivity contribution in [3.05, 3.63) is 68.6 Å². The molecule has 5 heteroatoms. The summed E-state index contributed by atoms with van der Waals surface area (Å²) in [7, 11) is 0. The number of amides is 1. The Bertz CT molecular complexity index is 901. The highest BCUT2D eigenvalue weighted by molar-refractivity contribution is 6.31. The first-order valence-corrected chi connectivity index (χ1v) is 7.41. The average Bonchev–Trinajstić information content (AvgIpc) is 2.47. The van der Waals surface area contributed by atoms with Gasteiger partial charge in [-0.15, -0.1) is 0 Å². The zero-order valence-corrected chi connectivity index (χ0v) is 13.2. The highest BCUT2D eigenvalue weighted by Crippen LogP contribution is 2.25. The summed E-state index contributed by atoms with van der Waals surface area (Å²) in [4.78, 5) is 28.3. The third-order valence-electron chi connectivity index (χ3n) is 3.58. The van der Waals surface area contributed by atoms with Gasteiger partial charge in [-0.2, -0.15) is 0 Å². The Hall–Kier alpha value is -1.97. The molecule has 0 aliphatic carbocycles. The van der Waals surface area contributed by atoms with Crippen molar-refractivity contribution >= 4 is 40.5 Å². The first-order chi connectivity index (χ1) is 10.5.